The summed E-state index contributed by atoms with van der Waals surface area (Å²) in [5.74, 6) is 0.377. The van der Waals surface area contributed by atoms with Gasteiger partial charge in [0, 0.05) is 18.7 Å². The summed E-state index contributed by atoms with van der Waals surface area (Å²) < 4.78 is 0. The summed E-state index contributed by atoms with van der Waals surface area (Å²) in [6.07, 6.45) is 5.77. The van der Waals surface area contributed by atoms with Gasteiger partial charge in [-0.15, -0.1) is 6.58 Å². The summed E-state index contributed by atoms with van der Waals surface area (Å²) in [5, 5.41) is 0. The average Bonchev–Trinajstić information content (AvgIpc) is 2.38. The number of rotatable bonds is 4. The van der Waals surface area contributed by atoms with E-state index in [9.17, 15) is 4.79 Å². The third-order valence-corrected chi connectivity index (χ3v) is 3.31. The van der Waals surface area contributed by atoms with Crippen molar-refractivity contribution in [3.63, 3.8) is 0 Å². The van der Waals surface area contributed by atoms with Crippen molar-refractivity contribution in [3.8, 4) is 0 Å². The Morgan fingerprint density at radius 1 is 1.29 bits per heavy atom. The van der Waals surface area contributed by atoms with Crippen LogP contribution in [0.2, 0.25) is 0 Å². The molecule has 2 heteroatoms. The van der Waals surface area contributed by atoms with E-state index in [1.807, 2.05) is 24.3 Å². The zero-order valence-corrected chi connectivity index (χ0v) is 10.1. The molecule has 1 aliphatic rings. The molecule has 1 aromatic rings. The van der Waals surface area contributed by atoms with E-state index in [1.165, 1.54) is 0 Å². The molecule has 0 N–H and O–H groups in total. The van der Waals surface area contributed by atoms with Crippen LogP contribution in [0.15, 0.2) is 43.0 Å². The van der Waals surface area contributed by atoms with E-state index >= 15 is 0 Å². The van der Waals surface area contributed by atoms with Crippen LogP contribution >= 0.6 is 0 Å². The van der Waals surface area contributed by atoms with Gasteiger partial charge in [0.1, 0.15) is 0 Å². The summed E-state index contributed by atoms with van der Waals surface area (Å²) in [7, 11) is 0. The van der Waals surface area contributed by atoms with Gasteiger partial charge in [-0.3, -0.25) is 4.79 Å². The van der Waals surface area contributed by atoms with Gasteiger partial charge in [0.2, 0.25) is 0 Å². The number of benzene rings is 1. The normalized spacial score (nSPS) is 20.0. The van der Waals surface area contributed by atoms with Crippen LogP contribution < -0.4 is 4.90 Å². The number of carbonyl (C=O) groups excluding carboxylic acids is 1. The molecule has 1 aliphatic carbocycles. The minimum absolute atomic E-state index is 0.0455. The maximum Gasteiger partial charge on any atom is 0.155 e. The molecule has 90 valence electrons. The van der Waals surface area contributed by atoms with Gasteiger partial charge in [-0.1, -0.05) is 30.7 Å². The smallest absolute Gasteiger partial charge is 0.155 e. The highest BCUT2D eigenvalue weighted by atomic mass is 16.1. The molecule has 1 fully saturated rings. The second-order valence-corrected chi connectivity index (χ2v) is 4.50. The van der Waals surface area contributed by atoms with Crippen molar-refractivity contribution >= 4 is 11.5 Å². The Labute approximate surface area is 103 Å². The van der Waals surface area contributed by atoms with Crippen molar-refractivity contribution in [2.75, 3.05) is 11.4 Å². The van der Waals surface area contributed by atoms with Crippen molar-refractivity contribution in [2.24, 2.45) is 0 Å². The lowest BCUT2D eigenvalue weighted by Gasteiger charge is -2.34. The number of para-hydroxylation sites is 1. The summed E-state index contributed by atoms with van der Waals surface area (Å²) in [6.45, 7) is 4.53. The molecule has 1 saturated carbocycles. The maximum atomic E-state index is 12.0. The number of Topliss-reactive ketones (excluding diaryl/α,β-unsaturated/α-hetero) is 1. The molecule has 0 bridgehead atoms. The van der Waals surface area contributed by atoms with Gasteiger partial charge >= 0.3 is 0 Å². The Bertz CT molecular complexity index is 385. The second-order valence-electron chi connectivity index (χ2n) is 4.50. The van der Waals surface area contributed by atoms with Crippen molar-refractivity contribution in [1.82, 2.24) is 0 Å². The monoisotopic (exact) mass is 229 g/mol. The van der Waals surface area contributed by atoms with E-state index in [0.717, 1.165) is 37.9 Å². The zero-order valence-electron chi connectivity index (χ0n) is 10.1. The van der Waals surface area contributed by atoms with E-state index in [-0.39, 0.29) is 6.04 Å². The molecule has 2 nitrogen and oxygen atoms in total. The van der Waals surface area contributed by atoms with E-state index in [1.54, 1.807) is 0 Å². The molecule has 0 spiro atoms. The number of hydrogen-bond donors (Lipinski definition) is 0. The highest BCUT2D eigenvalue weighted by Crippen LogP contribution is 2.25. The lowest BCUT2D eigenvalue weighted by atomic mass is 9.92. The predicted molar refractivity (Wildman–Crippen MR) is 71.2 cm³/mol. The summed E-state index contributed by atoms with van der Waals surface area (Å²) >= 11 is 0. The Kier molecular flexibility index (Phi) is 3.97. The van der Waals surface area contributed by atoms with Gasteiger partial charge < -0.3 is 4.90 Å². The molecular formula is C15H19NO. The number of carbonyl (C=O) groups is 1. The molecule has 0 amide bonds. The minimum atomic E-state index is 0.0455. The fraction of sp³-hybridized carbons (Fsp3) is 0.400. The van der Waals surface area contributed by atoms with Crippen molar-refractivity contribution in [2.45, 2.75) is 31.7 Å². The average molecular weight is 229 g/mol. The van der Waals surface area contributed by atoms with Crippen LogP contribution in [0.4, 0.5) is 5.69 Å². The Morgan fingerprint density at radius 2 is 2.06 bits per heavy atom. The molecule has 1 atom stereocenters. The highest BCUT2D eigenvalue weighted by molar-refractivity contribution is 5.88. The molecule has 0 heterocycles. The molecule has 0 aliphatic heterocycles. The summed E-state index contributed by atoms with van der Waals surface area (Å²) in [5.41, 5.74) is 1.12. The maximum absolute atomic E-state index is 12.0. The second kappa shape index (κ2) is 5.67. The first-order valence-corrected chi connectivity index (χ1v) is 6.28. The van der Waals surface area contributed by atoms with Crippen LogP contribution in [0, 0.1) is 0 Å². The highest BCUT2D eigenvalue weighted by Gasteiger charge is 2.27. The number of ketones is 1. The number of anilines is 1. The predicted octanol–water partition coefficient (Wildman–Crippen LogP) is 3.19. The van der Waals surface area contributed by atoms with Crippen LogP contribution in [0.25, 0.3) is 0 Å². The zero-order chi connectivity index (χ0) is 12.1. The van der Waals surface area contributed by atoms with E-state index in [4.69, 9.17) is 0 Å². The van der Waals surface area contributed by atoms with Crippen molar-refractivity contribution in [1.29, 1.82) is 0 Å². The molecule has 0 radical (unpaired) electrons. The van der Waals surface area contributed by atoms with E-state index < -0.39 is 0 Å². The summed E-state index contributed by atoms with van der Waals surface area (Å²) in [6, 6.07) is 10.2. The van der Waals surface area contributed by atoms with E-state index in [2.05, 4.69) is 23.6 Å². The lowest BCUT2D eigenvalue weighted by Crippen LogP contribution is -2.43. The SMILES string of the molecule is C=CCN(c1ccccc1)C1CCCCC1=O. The first-order valence-electron chi connectivity index (χ1n) is 6.28. The van der Waals surface area contributed by atoms with Crippen LogP contribution in [0.1, 0.15) is 25.7 Å². The quantitative estimate of drug-likeness (QED) is 0.739. The van der Waals surface area contributed by atoms with Crippen LogP contribution in [0.5, 0.6) is 0 Å². The van der Waals surface area contributed by atoms with Gasteiger partial charge in [-0.25, -0.2) is 0 Å². The van der Waals surface area contributed by atoms with Crippen LogP contribution in [-0.2, 0) is 4.79 Å². The fourth-order valence-corrected chi connectivity index (χ4v) is 2.47. The third kappa shape index (κ3) is 2.76. The van der Waals surface area contributed by atoms with Crippen molar-refractivity contribution < 1.29 is 4.79 Å². The number of nitrogens with zero attached hydrogens (tertiary/aromatic N) is 1. The van der Waals surface area contributed by atoms with Crippen LogP contribution in [0.3, 0.4) is 0 Å². The molecule has 0 saturated heterocycles. The Hall–Kier alpha value is -1.57. The van der Waals surface area contributed by atoms with Gasteiger partial charge in [0.15, 0.2) is 5.78 Å². The lowest BCUT2D eigenvalue weighted by molar-refractivity contribution is -0.121. The molecule has 1 aromatic carbocycles. The molecular weight excluding hydrogens is 210 g/mol. The molecule has 1 unspecified atom stereocenters. The Balaban J connectivity index is 2.22. The van der Waals surface area contributed by atoms with Crippen LogP contribution in [-0.4, -0.2) is 18.4 Å². The standard InChI is InChI=1S/C15H19NO/c1-2-12-16(13-8-4-3-5-9-13)14-10-6-7-11-15(14)17/h2-5,8-9,14H,1,6-7,10-12H2. The molecule has 0 aromatic heterocycles. The van der Waals surface area contributed by atoms with Gasteiger partial charge in [0.25, 0.3) is 0 Å². The van der Waals surface area contributed by atoms with Gasteiger partial charge in [-0.2, -0.15) is 0 Å². The third-order valence-electron chi connectivity index (χ3n) is 3.31. The van der Waals surface area contributed by atoms with Gasteiger partial charge in [0.05, 0.1) is 6.04 Å². The largest absolute Gasteiger partial charge is 0.358 e. The topological polar surface area (TPSA) is 20.3 Å². The van der Waals surface area contributed by atoms with Crippen molar-refractivity contribution in [3.05, 3.63) is 43.0 Å². The molecule has 17 heavy (non-hydrogen) atoms. The first kappa shape index (κ1) is 11.9. The minimum Gasteiger partial charge on any atom is -0.358 e. The summed E-state index contributed by atoms with van der Waals surface area (Å²) in [4.78, 5) is 14.2. The first-order chi connectivity index (χ1) is 8.33. The fourth-order valence-electron chi connectivity index (χ4n) is 2.47. The Morgan fingerprint density at radius 3 is 2.71 bits per heavy atom. The molecule has 2 rings (SSSR count). The number of hydrogen-bond acceptors (Lipinski definition) is 2. The van der Waals surface area contributed by atoms with Gasteiger partial charge in [-0.05, 0) is 25.0 Å². The van der Waals surface area contributed by atoms with E-state index in [0.29, 0.717) is 5.78 Å².